The Bertz CT molecular complexity index is 390. The summed E-state index contributed by atoms with van der Waals surface area (Å²) in [5.41, 5.74) is 2.10. The van der Waals surface area contributed by atoms with Crippen molar-refractivity contribution in [3.8, 4) is 12.3 Å². The normalized spacial score (nSPS) is 9.65. The number of anilines is 1. The highest BCUT2D eigenvalue weighted by Crippen LogP contribution is 2.10. The molecule has 0 fully saturated rings. The van der Waals surface area contributed by atoms with Crippen molar-refractivity contribution < 1.29 is 4.79 Å². The molecule has 0 bridgehead atoms. The van der Waals surface area contributed by atoms with E-state index in [1.54, 1.807) is 0 Å². The van der Waals surface area contributed by atoms with Crippen molar-refractivity contribution in [1.82, 2.24) is 5.32 Å². The fourth-order valence-corrected chi connectivity index (χ4v) is 1.50. The van der Waals surface area contributed by atoms with Crippen LogP contribution in [0.2, 0.25) is 0 Å². The molecule has 3 heteroatoms. The maximum atomic E-state index is 11.5. The fraction of sp³-hybridized carbons (Fsp3) is 0.357. The summed E-state index contributed by atoms with van der Waals surface area (Å²) in [5, 5.41) is 5.64. The molecular formula is C14H18N2O. The molecule has 3 nitrogen and oxygen atoms in total. The van der Waals surface area contributed by atoms with Crippen LogP contribution in [0.15, 0.2) is 24.3 Å². The predicted molar refractivity (Wildman–Crippen MR) is 70.8 cm³/mol. The molecule has 17 heavy (non-hydrogen) atoms. The first-order valence-electron chi connectivity index (χ1n) is 5.79. The molecule has 0 aliphatic carbocycles. The molecule has 0 atom stereocenters. The van der Waals surface area contributed by atoms with Gasteiger partial charge in [0, 0.05) is 5.69 Å². The maximum absolute atomic E-state index is 11.5. The Morgan fingerprint density at radius 2 is 2.06 bits per heavy atom. The van der Waals surface area contributed by atoms with Crippen LogP contribution in [-0.2, 0) is 11.2 Å². The summed E-state index contributed by atoms with van der Waals surface area (Å²) < 4.78 is 0. The molecule has 0 aliphatic rings. The van der Waals surface area contributed by atoms with Crippen molar-refractivity contribution in [2.75, 3.05) is 18.4 Å². The van der Waals surface area contributed by atoms with E-state index in [1.807, 2.05) is 24.3 Å². The van der Waals surface area contributed by atoms with Crippen LogP contribution in [0.4, 0.5) is 5.69 Å². The van der Waals surface area contributed by atoms with E-state index in [0.717, 1.165) is 18.5 Å². The van der Waals surface area contributed by atoms with Gasteiger partial charge in [-0.2, -0.15) is 0 Å². The van der Waals surface area contributed by atoms with E-state index in [4.69, 9.17) is 6.42 Å². The summed E-state index contributed by atoms with van der Waals surface area (Å²) in [6.07, 6.45) is 7.26. The van der Waals surface area contributed by atoms with Gasteiger partial charge in [0.25, 0.3) is 0 Å². The van der Waals surface area contributed by atoms with Crippen molar-refractivity contribution in [2.45, 2.75) is 19.8 Å². The number of carbonyl (C=O) groups excluding carboxylic acids is 1. The van der Waals surface area contributed by atoms with Crippen molar-refractivity contribution in [1.29, 1.82) is 0 Å². The monoisotopic (exact) mass is 230 g/mol. The van der Waals surface area contributed by atoms with Crippen LogP contribution in [-0.4, -0.2) is 19.0 Å². The number of nitrogens with one attached hydrogen (secondary N) is 2. The molecule has 1 aromatic rings. The van der Waals surface area contributed by atoms with Crippen LogP contribution < -0.4 is 10.6 Å². The Morgan fingerprint density at radius 3 is 2.65 bits per heavy atom. The van der Waals surface area contributed by atoms with E-state index in [0.29, 0.717) is 6.54 Å². The molecule has 0 aromatic heterocycles. The second kappa shape index (κ2) is 7.48. The topological polar surface area (TPSA) is 41.1 Å². The van der Waals surface area contributed by atoms with Crippen molar-refractivity contribution in [3.63, 3.8) is 0 Å². The van der Waals surface area contributed by atoms with Gasteiger partial charge in [0.05, 0.1) is 13.1 Å². The first-order valence-corrected chi connectivity index (χ1v) is 5.79. The van der Waals surface area contributed by atoms with Crippen LogP contribution in [0.5, 0.6) is 0 Å². The predicted octanol–water partition coefficient (Wildman–Crippen LogP) is 1.80. The minimum atomic E-state index is -0.0801. The van der Waals surface area contributed by atoms with Gasteiger partial charge in [-0.1, -0.05) is 31.4 Å². The van der Waals surface area contributed by atoms with E-state index in [9.17, 15) is 4.79 Å². The Morgan fingerprint density at radius 1 is 1.35 bits per heavy atom. The van der Waals surface area contributed by atoms with Gasteiger partial charge in [0.2, 0.25) is 5.91 Å². The molecule has 90 valence electrons. The lowest BCUT2D eigenvalue weighted by molar-refractivity contribution is -0.115. The lowest BCUT2D eigenvalue weighted by atomic mass is 10.1. The number of hydrogen-bond acceptors (Lipinski definition) is 2. The Balaban J connectivity index is 2.40. The third kappa shape index (κ3) is 5.19. The molecule has 1 rings (SSSR count). The molecule has 0 unspecified atom stereocenters. The number of rotatable bonds is 6. The van der Waals surface area contributed by atoms with Gasteiger partial charge >= 0.3 is 0 Å². The van der Waals surface area contributed by atoms with Crippen molar-refractivity contribution in [3.05, 3.63) is 29.8 Å². The molecule has 2 N–H and O–H groups in total. The number of hydrogen-bond donors (Lipinski definition) is 2. The summed E-state index contributed by atoms with van der Waals surface area (Å²) in [6.45, 7) is 2.79. The Hall–Kier alpha value is -1.79. The maximum Gasteiger partial charge on any atom is 0.238 e. The minimum absolute atomic E-state index is 0.0801. The van der Waals surface area contributed by atoms with Crippen molar-refractivity contribution >= 4 is 11.6 Å². The average molecular weight is 230 g/mol. The van der Waals surface area contributed by atoms with Crippen LogP contribution in [0, 0.1) is 12.3 Å². The van der Waals surface area contributed by atoms with Crippen LogP contribution in [0.25, 0.3) is 0 Å². The molecule has 0 saturated heterocycles. The summed E-state index contributed by atoms with van der Waals surface area (Å²) >= 11 is 0. The van der Waals surface area contributed by atoms with Gasteiger partial charge in [-0.3, -0.25) is 10.1 Å². The number of terminal acetylenes is 1. The van der Waals surface area contributed by atoms with Gasteiger partial charge in [0.15, 0.2) is 0 Å². The second-order valence-corrected chi connectivity index (χ2v) is 3.80. The van der Waals surface area contributed by atoms with Gasteiger partial charge in [-0.05, 0) is 24.1 Å². The van der Waals surface area contributed by atoms with Crippen LogP contribution in [0.3, 0.4) is 0 Å². The summed E-state index contributed by atoms with van der Waals surface area (Å²) in [5.74, 6) is 2.34. The van der Waals surface area contributed by atoms with Gasteiger partial charge in [-0.15, -0.1) is 6.42 Å². The standard InChI is InChI=1S/C14H18N2O/c1-3-5-12-6-8-13(9-7-12)16-14(17)11-15-10-4-2/h2,6-9,15H,3,5,10-11H2,1H3,(H,16,17). The highest BCUT2D eigenvalue weighted by Gasteiger charge is 2.00. The molecule has 0 spiro atoms. The van der Waals surface area contributed by atoms with E-state index < -0.39 is 0 Å². The lowest BCUT2D eigenvalue weighted by Crippen LogP contribution is -2.28. The highest BCUT2D eigenvalue weighted by molar-refractivity contribution is 5.92. The van der Waals surface area contributed by atoms with Gasteiger partial charge in [-0.25, -0.2) is 0 Å². The molecule has 1 amide bonds. The van der Waals surface area contributed by atoms with Gasteiger partial charge in [0.1, 0.15) is 0 Å². The Labute approximate surface area is 103 Å². The first kappa shape index (κ1) is 13.3. The molecule has 1 aromatic carbocycles. The molecule has 0 radical (unpaired) electrons. The lowest BCUT2D eigenvalue weighted by Gasteiger charge is -2.06. The summed E-state index contributed by atoms with van der Waals surface area (Å²) in [4.78, 5) is 11.5. The van der Waals surface area contributed by atoms with Crippen molar-refractivity contribution in [2.24, 2.45) is 0 Å². The number of aryl methyl sites for hydroxylation is 1. The van der Waals surface area contributed by atoms with Crippen LogP contribution >= 0.6 is 0 Å². The van der Waals surface area contributed by atoms with E-state index in [1.165, 1.54) is 5.56 Å². The smallest absolute Gasteiger partial charge is 0.238 e. The minimum Gasteiger partial charge on any atom is -0.325 e. The number of amides is 1. The largest absolute Gasteiger partial charge is 0.325 e. The Kier molecular flexibility index (Phi) is 5.84. The first-order chi connectivity index (χ1) is 8.26. The quantitative estimate of drug-likeness (QED) is 0.578. The molecule has 0 aliphatic heterocycles. The molecule has 0 saturated carbocycles. The van der Waals surface area contributed by atoms with Crippen LogP contribution in [0.1, 0.15) is 18.9 Å². The third-order valence-electron chi connectivity index (χ3n) is 2.29. The number of benzene rings is 1. The highest BCUT2D eigenvalue weighted by atomic mass is 16.1. The average Bonchev–Trinajstić information content (AvgIpc) is 2.32. The van der Waals surface area contributed by atoms with E-state index in [-0.39, 0.29) is 12.5 Å². The summed E-state index contributed by atoms with van der Waals surface area (Å²) in [6, 6.07) is 7.91. The fourth-order valence-electron chi connectivity index (χ4n) is 1.50. The molecule has 0 heterocycles. The summed E-state index contributed by atoms with van der Waals surface area (Å²) in [7, 11) is 0. The second-order valence-electron chi connectivity index (χ2n) is 3.80. The third-order valence-corrected chi connectivity index (χ3v) is 2.29. The zero-order valence-corrected chi connectivity index (χ0v) is 10.1. The SMILES string of the molecule is C#CCNCC(=O)Nc1ccc(CCC)cc1. The number of carbonyl (C=O) groups is 1. The zero-order valence-electron chi connectivity index (χ0n) is 10.1. The van der Waals surface area contributed by atoms with E-state index in [2.05, 4.69) is 23.5 Å². The van der Waals surface area contributed by atoms with Gasteiger partial charge < -0.3 is 5.32 Å². The van der Waals surface area contributed by atoms with E-state index >= 15 is 0 Å². The zero-order chi connectivity index (χ0) is 12.5. The molecular weight excluding hydrogens is 212 g/mol.